The zero-order valence-electron chi connectivity index (χ0n) is 14.8. The van der Waals surface area contributed by atoms with E-state index in [9.17, 15) is 0 Å². The minimum Gasteiger partial charge on any atom is -0.493 e. The molecule has 0 amide bonds. The Morgan fingerprint density at radius 2 is 1.64 bits per heavy atom. The van der Waals surface area contributed by atoms with Crippen molar-refractivity contribution in [2.24, 2.45) is 0 Å². The number of hydrogen-bond donors (Lipinski definition) is 0. The van der Waals surface area contributed by atoms with Crippen LogP contribution in [0.2, 0.25) is 0 Å². The zero-order valence-corrected chi connectivity index (χ0v) is 14.8. The molecule has 1 aliphatic carbocycles. The molecule has 0 bridgehead atoms. The van der Waals surface area contributed by atoms with Gasteiger partial charge in [0.05, 0.1) is 19.9 Å². The molecule has 1 aromatic heterocycles. The standard InChI is InChI=1S/C19H24N4O2/c1-24-17-7-3-14(13-18(17)25-2)16-6-8-19(21-20-16)23-11-9-22(10-12-23)15-4-5-15/h3,6-8,13,15H,4-5,9-12H2,1-2H3. The van der Waals surface area contributed by atoms with Crippen LogP contribution in [0.4, 0.5) is 5.82 Å². The van der Waals surface area contributed by atoms with Crippen molar-refractivity contribution in [3.8, 4) is 22.8 Å². The summed E-state index contributed by atoms with van der Waals surface area (Å²) in [5, 5.41) is 8.87. The molecule has 2 aromatic rings. The van der Waals surface area contributed by atoms with Crippen molar-refractivity contribution in [3.05, 3.63) is 30.3 Å². The van der Waals surface area contributed by atoms with Gasteiger partial charge in [-0.1, -0.05) is 0 Å². The van der Waals surface area contributed by atoms with Crippen molar-refractivity contribution in [3.63, 3.8) is 0 Å². The molecule has 2 heterocycles. The Balaban J connectivity index is 1.46. The summed E-state index contributed by atoms with van der Waals surface area (Å²) in [6, 6.07) is 10.7. The third-order valence-corrected chi connectivity index (χ3v) is 5.03. The summed E-state index contributed by atoms with van der Waals surface area (Å²) in [7, 11) is 3.27. The van der Waals surface area contributed by atoms with Gasteiger partial charge in [-0.3, -0.25) is 4.90 Å². The molecule has 0 unspecified atom stereocenters. The normalized spacial score (nSPS) is 18.2. The molecule has 1 saturated carbocycles. The fourth-order valence-corrected chi connectivity index (χ4v) is 3.40. The molecule has 2 aliphatic rings. The molecular formula is C19H24N4O2. The van der Waals surface area contributed by atoms with E-state index >= 15 is 0 Å². The second kappa shape index (κ2) is 6.88. The number of nitrogens with zero attached hydrogens (tertiary/aromatic N) is 4. The maximum absolute atomic E-state index is 5.37. The molecule has 1 saturated heterocycles. The molecule has 0 N–H and O–H groups in total. The maximum atomic E-state index is 5.37. The lowest BCUT2D eigenvalue weighted by molar-refractivity contribution is 0.247. The monoisotopic (exact) mass is 340 g/mol. The quantitative estimate of drug-likeness (QED) is 0.833. The van der Waals surface area contributed by atoms with Crippen molar-refractivity contribution in [2.75, 3.05) is 45.3 Å². The van der Waals surface area contributed by atoms with Crippen LogP contribution in [0.25, 0.3) is 11.3 Å². The highest BCUT2D eigenvalue weighted by Gasteiger charge is 2.31. The topological polar surface area (TPSA) is 50.7 Å². The van der Waals surface area contributed by atoms with Crippen molar-refractivity contribution in [2.45, 2.75) is 18.9 Å². The Kier molecular flexibility index (Phi) is 4.44. The number of benzene rings is 1. The summed E-state index contributed by atoms with van der Waals surface area (Å²) in [6.45, 7) is 4.31. The first kappa shape index (κ1) is 16.1. The smallest absolute Gasteiger partial charge is 0.161 e. The molecular weight excluding hydrogens is 316 g/mol. The second-order valence-electron chi connectivity index (χ2n) is 6.60. The minimum atomic E-state index is 0.696. The van der Waals surface area contributed by atoms with E-state index in [1.54, 1.807) is 14.2 Å². The van der Waals surface area contributed by atoms with Crippen LogP contribution in [0, 0.1) is 0 Å². The molecule has 0 spiro atoms. The fourth-order valence-electron chi connectivity index (χ4n) is 3.40. The SMILES string of the molecule is COc1ccc(-c2ccc(N3CCN(C4CC4)CC3)nn2)cc1OC. The van der Waals surface area contributed by atoms with Crippen LogP contribution in [-0.4, -0.2) is 61.5 Å². The van der Waals surface area contributed by atoms with E-state index in [-0.39, 0.29) is 0 Å². The lowest BCUT2D eigenvalue weighted by atomic mass is 10.1. The summed E-state index contributed by atoms with van der Waals surface area (Å²) >= 11 is 0. The maximum Gasteiger partial charge on any atom is 0.161 e. The van der Waals surface area contributed by atoms with E-state index in [2.05, 4.69) is 26.1 Å². The van der Waals surface area contributed by atoms with Gasteiger partial charge in [0, 0.05) is 37.8 Å². The van der Waals surface area contributed by atoms with E-state index < -0.39 is 0 Å². The first-order valence-electron chi connectivity index (χ1n) is 8.83. The predicted molar refractivity (Wildman–Crippen MR) is 97.4 cm³/mol. The van der Waals surface area contributed by atoms with E-state index in [1.807, 2.05) is 24.3 Å². The largest absolute Gasteiger partial charge is 0.493 e. The van der Waals surface area contributed by atoms with Gasteiger partial charge in [-0.15, -0.1) is 10.2 Å². The number of hydrogen-bond acceptors (Lipinski definition) is 6. The average Bonchev–Trinajstić information content (AvgIpc) is 3.53. The van der Waals surface area contributed by atoms with Gasteiger partial charge < -0.3 is 14.4 Å². The van der Waals surface area contributed by atoms with Crippen LogP contribution in [0.1, 0.15) is 12.8 Å². The van der Waals surface area contributed by atoms with Gasteiger partial charge in [0.25, 0.3) is 0 Å². The molecule has 6 nitrogen and oxygen atoms in total. The Labute approximate surface area is 148 Å². The highest BCUT2D eigenvalue weighted by Crippen LogP contribution is 2.32. The summed E-state index contributed by atoms with van der Waals surface area (Å²) in [5.74, 6) is 2.37. The Morgan fingerprint density at radius 1 is 0.880 bits per heavy atom. The number of ether oxygens (including phenoxy) is 2. The number of anilines is 1. The van der Waals surface area contributed by atoms with Gasteiger partial charge in [0.2, 0.25) is 0 Å². The average molecular weight is 340 g/mol. The van der Waals surface area contributed by atoms with Crippen LogP contribution < -0.4 is 14.4 Å². The Morgan fingerprint density at radius 3 is 2.24 bits per heavy atom. The van der Waals surface area contributed by atoms with Crippen molar-refractivity contribution in [1.29, 1.82) is 0 Å². The summed E-state index contributed by atoms with van der Waals surface area (Å²) in [4.78, 5) is 4.92. The number of piperazine rings is 1. The van der Waals surface area contributed by atoms with Crippen molar-refractivity contribution in [1.82, 2.24) is 15.1 Å². The van der Waals surface area contributed by atoms with Crippen LogP contribution >= 0.6 is 0 Å². The highest BCUT2D eigenvalue weighted by atomic mass is 16.5. The number of methoxy groups -OCH3 is 2. The van der Waals surface area contributed by atoms with Crippen LogP contribution in [0.3, 0.4) is 0 Å². The molecule has 25 heavy (non-hydrogen) atoms. The van der Waals surface area contributed by atoms with Crippen LogP contribution in [0.15, 0.2) is 30.3 Å². The Hall–Kier alpha value is -2.34. The molecule has 0 radical (unpaired) electrons. The first-order chi connectivity index (χ1) is 12.3. The third-order valence-electron chi connectivity index (χ3n) is 5.03. The van der Waals surface area contributed by atoms with E-state index in [4.69, 9.17) is 9.47 Å². The molecule has 1 aliphatic heterocycles. The van der Waals surface area contributed by atoms with Gasteiger partial charge >= 0.3 is 0 Å². The molecule has 1 aromatic carbocycles. The van der Waals surface area contributed by atoms with E-state index in [0.29, 0.717) is 11.5 Å². The van der Waals surface area contributed by atoms with Crippen molar-refractivity contribution >= 4 is 5.82 Å². The van der Waals surface area contributed by atoms with Crippen LogP contribution in [-0.2, 0) is 0 Å². The van der Waals surface area contributed by atoms with Gasteiger partial charge in [-0.25, -0.2) is 0 Å². The van der Waals surface area contributed by atoms with Gasteiger partial charge in [-0.05, 0) is 43.2 Å². The first-order valence-corrected chi connectivity index (χ1v) is 8.83. The Bertz CT molecular complexity index is 723. The summed E-state index contributed by atoms with van der Waals surface area (Å²) in [6.07, 6.45) is 2.75. The van der Waals surface area contributed by atoms with Crippen LogP contribution in [0.5, 0.6) is 11.5 Å². The minimum absolute atomic E-state index is 0.696. The summed E-state index contributed by atoms with van der Waals surface area (Å²) in [5.41, 5.74) is 1.80. The zero-order chi connectivity index (χ0) is 17.2. The van der Waals surface area contributed by atoms with Crippen molar-refractivity contribution < 1.29 is 9.47 Å². The lowest BCUT2D eigenvalue weighted by Crippen LogP contribution is -2.47. The molecule has 132 valence electrons. The van der Waals surface area contributed by atoms with E-state index in [1.165, 1.54) is 12.8 Å². The summed E-state index contributed by atoms with van der Waals surface area (Å²) < 4.78 is 10.6. The van der Waals surface area contributed by atoms with E-state index in [0.717, 1.165) is 49.3 Å². The highest BCUT2D eigenvalue weighted by molar-refractivity contribution is 5.64. The number of aromatic nitrogens is 2. The lowest BCUT2D eigenvalue weighted by Gasteiger charge is -2.35. The van der Waals surface area contributed by atoms with Gasteiger partial charge in [0.1, 0.15) is 0 Å². The molecule has 6 heteroatoms. The molecule has 4 rings (SSSR count). The fraction of sp³-hybridized carbons (Fsp3) is 0.474. The van der Waals surface area contributed by atoms with Gasteiger partial charge in [0.15, 0.2) is 17.3 Å². The van der Waals surface area contributed by atoms with Gasteiger partial charge in [-0.2, -0.15) is 0 Å². The predicted octanol–water partition coefficient (Wildman–Crippen LogP) is 2.45. The molecule has 0 atom stereocenters. The number of rotatable bonds is 5. The second-order valence-corrected chi connectivity index (χ2v) is 6.60. The third kappa shape index (κ3) is 3.39. The molecule has 2 fully saturated rings.